The van der Waals surface area contributed by atoms with Crippen LogP contribution in [0.5, 0.6) is 0 Å². The van der Waals surface area contributed by atoms with Crippen LogP contribution >= 0.6 is 12.4 Å². The van der Waals surface area contributed by atoms with E-state index >= 15 is 0 Å². The maximum atomic E-state index is 6.02. The zero-order chi connectivity index (χ0) is 13.1. The number of nitrogens with two attached hydrogens (primary N) is 1. The first kappa shape index (κ1) is 15.0. The second-order valence-electron chi connectivity index (χ2n) is 5.27. The van der Waals surface area contributed by atoms with E-state index in [9.17, 15) is 0 Å². The number of rotatable bonds is 3. The third-order valence-electron chi connectivity index (χ3n) is 3.69. The number of piperidine rings is 1. The van der Waals surface area contributed by atoms with Crippen molar-refractivity contribution in [1.29, 1.82) is 0 Å². The summed E-state index contributed by atoms with van der Waals surface area (Å²) in [7, 11) is 0. The Morgan fingerprint density at radius 3 is 2.70 bits per heavy atom. The molecule has 5 heteroatoms. The van der Waals surface area contributed by atoms with E-state index in [1.165, 1.54) is 12.0 Å². The van der Waals surface area contributed by atoms with E-state index in [4.69, 9.17) is 5.73 Å². The quantitative estimate of drug-likeness (QED) is 0.943. The Kier molecular flexibility index (Phi) is 5.17. The van der Waals surface area contributed by atoms with Crippen molar-refractivity contribution in [2.24, 2.45) is 5.73 Å². The molecule has 20 heavy (non-hydrogen) atoms. The van der Waals surface area contributed by atoms with Gasteiger partial charge in [0.05, 0.1) is 6.33 Å². The predicted octanol–water partition coefficient (Wildman–Crippen LogP) is 2.22. The summed E-state index contributed by atoms with van der Waals surface area (Å²) in [5.41, 5.74) is 8.51. The largest absolute Gasteiger partial charge is 0.327 e. The average Bonchev–Trinajstić information content (AvgIpc) is 2.94. The highest BCUT2D eigenvalue weighted by Gasteiger charge is 2.16. The summed E-state index contributed by atoms with van der Waals surface area (Å²) < 4.78 is 2.01. The Labute approximate surface area is 126 Å². The zero-order valence-electron chi connectivity index (χ0n) is 11.5. The van der Waals surface area contributed by atoms with Gasteiger partial charge in [-0.3, -0.25) is 4.90 Å². The van der Waals surface area contributed by atoms with Gasteiger partial charge >= 0.3 is 0 Å². The number of imidazole rings is 1. The lowest BCUT2D eigenvalue weighted by Crippen LogP contribution is -2.42. The van der Waals surface area contributed by atoms with Crippen LogP contribution in [0.2, 0.25) is 0 Å². The topological polar surface area (TPSA) is 47.1 Å². The van der Waals surface area contributed by atoms with E-state index in [-0.39, 0.29) is 12.4 Å². The number of hydrogen-bond acceptors (Lipinski definition) is 3. The van der Waals surface area contributed by atoms with Gasteiger partial charge in [-0.2, -0.15) is 0 Å². The Bertz CT molecular complexity index is 509. The van der Waals surface area contributed by atoms with Gasteiger partial charge < -0.3 is 10.3 Å². The molecular formula is C15H21ClN4. The number of benzene rings is 1. The standard InChI is InChI=1S/C15H20N4.ClH/c16-14-2-1-8-18(11-14)10-13-3-5-15(6-4-13)19-9-7-17-12-19;/h3-7,9,12,14H,1-2,8,10-11,16H2;1H. The second-order valence-corrected chi connectivity index (χ2v) is 5.27. The first-order chi connectivity index (χ1) is 9.31. The highest BCUT2D eigenvalue weighted by Crippen LogP contribution is 2.14. The number of aromatic nitrogens is 2. The van der Waals surface area contributed by atoms with E-state index in [0.29, 0.717) is 6.04 Å². The molecular weight excluding hydrogens is 272 g/mol. The lowest BCUT2D eigenvalue weighted by molar-refractivity contribution is 0.201. The summed E-state index contributed by atoms with van der Waals surface area (Å²) in [5, 5.41) is 0. The van der Waals surface area contributed by atoms with E-state index in [2.05, 4.69) is 34.1 Å². The molecule has 0 aliphatic carbocycles. The van der Waals surface area contributed by atoms with Gasteiger partial charge in [0.1, 0.15) is 0 Å². The maximum absolute atomic E-state index is 6.02. The second kappa shape index (κ2) is 6.88. The number of likely N-dealkylation sites (tertiary alicyclic amines) is 1. The molecule has 1 aromatic heterocycles. The summed E-state index contributed by atoms with van der Waals surface area (Å²) in [6.45, 7) is 3.18. The molecule has 0 saturated carbocycles. The van der Waals surface area contributed by atoms with Gasteiger partial charge in [-0.25, -0.2) is 4.98 Å². The van der Waals surface area contributed by atoms with Crippen molar-refractivity contribution in [2.75, 3.05) is 13.1 Å². The minimum Gasteiger partial charge on any atom is -0.327 e. The Hall–Kier alpha value is -1.36. The van der Waals surface area contributed by atoms with Crippen LogP contribution in [0.25, 0.3) is 5.69 Å². The van der Waals surface area contributed by atoms with Crippen LogP contribution < -0.4 is 5.73 Å². The number of nitrogens with zero attached hydrogens (tertiary/aromatic N) is 3. The van der Waals surface area contributed by atoms with Gasteiger partial charge in [0, 0.05) is 37.2 Å². The fourth-order valence-electron chi connectivity index (χ4n) is 2.68. The smallest absolute Gasteiger partial charge is 0.0991 e. The SMILES string of the molecule is Cl.NC1CCCN(Cc2ccc(-n3ccnc3)cc2)C1. The molecule has 1 aliphatic heterocycles. The molecule has 108 valence electrons. The minimum absolute atomic E-state index is 0. The Morgan fingerprint density at radius 1 is 1.25 bits per heavy atom. The van der Waals surface area contributed by atoms with Crippen molar-refractivity contribution in [2.45, 2.75) is 25.4 Å². The van der Waals surface area contributed by atoms with E-state index in [0.717, 1.165) is 31.7 Å². The summed E-state index contributed by atoms with van der Waals surface area (Å²) in [4.78, 5) is 6.51. The molecule has 0 radical (unpaired) electrons. The molecule has 4 nitrogen and oxygen atoms in total. The van der Waals surface area contributed by atoms with Crippen LogP contribution in [0, 0.1) is 0 Å². The third-order valence-corrected chi connectivity index (χ3v) is 3.69. The van der Waals surface area contributed by atoms with Crippen LogP contribution in [-0.4, -0.2) is 33.6 Å². The molecule has 0 amide bonds. The lowest BCUT2D eigenvalue weighted by atomic mass is 10.1. The van der Waals surface area contributed by atoms with Crippen LogP contribution in [0.15, 0.2) is 43.0 Å². The lowest BCUT2D eigenvalue weighted by Gasteiger charge is -2.30. The van der Waals surface area contributed by atoms with Crippen LogP contribution in [0.4, 0.5) is 0 Å². The monoisotopic (exact) mass is 292 g/mol. The fourth-order valence-corrected chi connectivity index (χ4v) is 2.68. The molecule has 2 aromatic rings. The van der Waals surface area contributed by atoms with Crippen molar-refractivity contribution >= 4 is 12.4 Å². The molecule has 1 aromatic carbocycles. The van der Waals surface area contributed by atoms with Crippen LogP contribution in [-0.2, 0) is 6.54 Å². The van der Waals surface area contributed by atoms with Gasteiger partial charge in [-0.05, 0) is 37.1 Å². The van der Waals surface area contributed by atoms with Crippen molar-refractivity contribution < 1.29 is 0 Å². The van der Waals surface area contributed by atoms with Gasteiger partial charge in [-0.15, -0.1) is 12.4 Å². The average molecular weight is 293 g/mol. The van der Waals surface area contributed by atoms with E-state index in [1.54, 1.807) is 6.20 Å². The van der Waals surface area contributed by atoms with Gasteiger partial charge in [0.15, 0.2) is 0 Å². The summed E-state index contributed by atoms with van der Waals surface area (Å²) in [6, 6.07) is 9.01. The fraction of sp³-hybridized carbons (Fsp3) is 0.400. The summed E-state index contributed by atoms with van der Waals surface area (Å²) >= 11 is 0. The molecule has 1 fully saturated rings. The maximum Gasteiger partial charge on any atom is 0.0991 e. The molecule has 2 heterocycles. The first-order valence-electron chi connectivity index (χ1n) is 6.86. The first-order valence-corrected chi connectivity index (χ1v) is 6.86. The number of hydrogen-bond donors (Lipinski definition) is 1. The highest BCUT2D eigenvalue weighted by molar-refractivity contribution is 5.85. The Morgan fingerprint density at radius 2 is 2.05 bits per heavy atom. The molecule has 0 bridgehead atoms. The van der Waals surface area contributed by atoms with Crippen LogP contribution in [0.3, 0.4) is 0 Å². The van der Waals surface area contributed by atoms with Crippen molar-refractivity contribution in [1.82, 2.24) is 14.5 Å². The molecule has 2 N–H and O–H groups in total. The van der Waals surface area contributed by atoms with E-state index < -0.39 is 0 Å². The third kappa shape index (κ3) is 3.60. The molecule has 1 aliphatic rings. The number of halogens is 1. The molecule has 1 unspecified atom stereocenters. The molecule has 1 saturated heterocycles. The zero-order valence-corrected chi connectivity index (χ0v) is 12.3. The molecule has 0 spiro atoms. The van der Waals surface area contributed by atoms with Crippen molar-refractivity contribution in [3.8, 4) is 5.69 Å². The predicted molar refractivity (Wildman–Crippen MR) is 83.3 cm³/mol. The van der Waals surface area contributed by atoms with Gasteiger partial charge in [0.2, 0.25) is 0 Å². The summed E-state index contributed by atoms with van der Waals surface area (Å²) in [5.74, 6) is 0. The minimum atomic E-state index is 0. The van der Waals surface area contributed by atoms with Crippen LogP contribution in [0.1, 0.15) is 18.4 Å². The van der Waals surface area contributed by atoms with Gasteiger partial charge in [0.25, 0.3) is 0 Å². The Balaban J connectivity index is 0.00000147. The van der Waals surface area contributed by atoms with E-state index in [1.807, 2.05) is 17.1 Å². The molecule has 3 rings (SSSR count). The van der Waals surface area contributed by atoms with Crippen molar-refractivity contribution in [3.63, 3.8) is 0 Å². The highest BCUT2D eigenvalue weighted by atomic mass is 35.5. The van der Waals surface area contributed by atoms with Crippen molar-refractivity contribution in [3.05, 3.63) is 48.5 Å². The normalized spacial score (nSPS) is 19.6. The molecule has 1 atom stereocenters. The summed E-state index contributed by atoms with van der Waals surface area (Å²) in [6.07, 6.45) is 7.95. The van der Waals surface area contributed by atoms with Gasteiger partial charge in [-0.1, -0.05) is 12.1 Å².